The zero-order valence-corrected chi connectivity index (χ0v) is 13.4. The zero-order valence-electron chi connectivity index (χ0n) is 11.8. The van der Waals surface area contributed by atoms with Gasteiger partial charge >= 0.3 is 0 Å². The molecule has 0 fully saturated rings. The van der Waals surface area contributed by atoms with Gasteiger partial charge in [0.1, 0.15) is 0 Å². The molecule has 2 rings (SSSR count). The topological polar surface area (TPSA) is 55.9 Å². The van der Waals surface area contributed by atoms with E-state index in [-0.39, 0.29) is 6.04 Å². The fraction of sp³-hybridized carbons (Fsp3) is 0.357. The summed E-state index contributed by atoms with van der Waals surface area (Å²) >= 11 is 3.53. The molecule has 1 aromatic carbocycles. The highest BCUT2D eigenvalue weighted by atomic mass is 79.9. The van der Waals surface area contributed by atoms with Gasteiger partial charge in [-0.15, -0.1) is 0 Å². The standard InChI is InChI=1S/C14H17BrF2N4/c1-3-11-14(15)13(21(2)20-11)7-12(19-18)8-4-5-9(16)10(17)6-8/h4-6,12,19H,3,7,18H2,1-2H3. The summed E-state index contributed by atoms with van der Waals surface area (Å²) in [5, 5.41) is 4.41. The van der Waals surface area contributed by atoms with Crippen molar-refractivity contribution in [2.24, 2.45) is 12.9 Å². The molecule has 1 atom stereocenters. The summed E-state index contributed by atoms with van der Waals surface area (Å²) in [6, 6.07) is 3.44. The Hall–Kier alpha value is -1.31. The minimum Gasteiger partial charge on any atom is -0.271 e. The molecule has 0 aliphatic rings. The van der Waals surface area contributed by atoms with Crippen molar-refractivity contribution < 1.29 is 8.78 Å². The maximum atomic E-state index is 13.4. The number of hydrogen-bond donors (Lipinski definition) is 2. The Morgan fingerprint density at radius 3 is 2.62 bits per heavy atom. The van der Waals surface area contributed by atoms with Crippen LogP contribution in [0, 0.1) is 11.6 Å². The quantitative estimate of drug-likeness (QED) is 0.638. The van der Waals surface area contributed by atoms with E-state index in [1.807, 2.05) is 14.0 Å². The van der Waals surface area contributed by atoms with Gasteiger partial charge in [0.25, 0.3) is 0 Å². The fourth-order valence-corrected chi connectivity index (χ4v) is 3.02. The first-order valence-electron chi connectivity index (χ1n) is 6.59. The van der Waals surface area contributed by atoms with Crippen LogP contribution < -0.4 is 11.3 Å². The SMILES string of the molecule is CCc1nn(C)c(CC(NN)c2ccc(F)c(F)c2)c1Br. The predicted octanol–water partition coefficient (Wildman–Crippen LogP) is 2.77. The van der Waals surface area contributed by atoms with Gasteiger partial charge in [-0.2, -0.15) is 5.10 Å². The summed E-state index contributed by atoms with van der Waals surface area (Å²) in [7, 11) is 1.85. The third-order valence-corrected chi connectivity index (χ3v) is 4.36. The van der Waals surface area contributed by atoms with Gasteiger partial charge in [-0.1, -0.05) is 13.0 Å². The first-order valence-corrected chi connectivity index (χ1v) is 7.38. The van der Waals surface area contributed by atoms with E-state index in [1.165, 1.54) is 6.07 Å². The number of aryl methyl sites for hydroxylation is 2. The number of hydrazine groups is 1. The molecule has 2 aromatic rings. The first-order chi connectivity index (χ1) is 9.97. The second kappa shape index (κ2) is 6.64. The van der Waals surface area contributed by atoms with Crippen LogP contribution in [0.4, 0.5) is 8.78 Å². The van der Waals surface area contributed by atoms with E-state index in [2.05, 4.69) is 26.5 Å². The van der Waals surface area contributed by atoms with Gasteiger partial charge in [-0.25, -0.2) is 8.78 Å². The number of aromatic nitrogens is 2. The Labute approximate surface area is 130 Å². The van der Waals surface area contributed by atoms with Crippen LogP contribution in [0.2, 0.25) is 0 Å². The molecule has 0 radical (unpaired) electrons. The molecule has 0 aliphatic carbocycles. The van der Waals surface area contributed by atoms with Crippen molar-refractivity contribution in [1.82, 2.24) is 15.2 Å². The lowest BCUT2D eigenvalue weighted by Crippen LogP contribution is -2.30. The van der Waals surface area contributed by atoms with Crippen LogP contribution >= 0.6 is 15.9 Å². The zero-order chi connectivity index (χ0) is 15.6. The van der Waals surface area contributed by atoms with Crippen molar-refractivity contribution in [2.45, 2.75) is 25.8 Å². The minimum absolute atomic E-state index is 0.337. The van der Waals surface area contributed by atoms with Gasteiger partial charge in [0.15, 0.2) is 11.6 Å². The van der Waals surface area contributed by atoms with Crippen molar-refractivity contribution in [3.05, 3.63) is 51.3 Å². The van der Waals surface area contributed by atoms with E-state index in [0.717, 1.165) is 34.4 Å². The van der Waals surface area contributed by atoms with Gasteiger partial charge in [0, 0.05) is 13.5 Å². The first kappa shape index (κ1) is 16.1. The largest absolute Gasteiger partial charge is 0.271 e. The molecular weight excluding hydrogens is 342 g/mol. The van der Waals surface area contributed by atoms with Crippen molar-refractivity contribution in [2.75, 3.05) is 0 Å². The van der Waals surface area contributed by atoms with Crippen LogP contribution in [0.3, 0.4) is 0 Å². The third kappa shape index (κ3) is 3.30. The molecule has 0 saturated heterocycles. The van der Waals surface area contributed by atoms with Crippen LogP contribution in [0.15, 0.2) is 22.7 Å². The van der Waals surface area contributed by atoms with Crippen LogP contribution in [0.1, 0.15) is 29.9 Å². The Balaban J connectivity index is 2.31. The minimum atomic E-state index is -0.883. The van der Waals surface area contributed by atoms with Gasteiger partial charge in [-0.05, 0) is 40.0 Å². The highest BCUT2D eigenvalue weighted by Crippen LogP contribution is 2.27. The molecule has 1 unspecified atom stereocenters. The smallest absolute Gasteiger partial charge is 0.159 e. The van der Waals surface area contributed by atoms with Gasteiger partial charge in [0.2, 0.25) is 0 Å². The van der Waals surface area contributed by atoms with E-state index in [9.17, 15) is 8.78 Å². The Morgan fingerprint density at radius 2 is 2.10 bits per heavy atom. The highest BCUT2D eigenvalue weighted by molar-refractivity contribution is 9.10. The van der Waals surface area contributed by atoms with Gasteiger partial charge < -0.3 is 0 Å². The number of nitrogens with one attached hydrogen (secondary N) is 1. The molecule has 0 amide bonds. The molecule has 114 valence electrons. The van der Waals surface area contributed by atoms with Crippen LogP contribution in [0.5, 0.6) is 0 Å². The van der Waals surface area contributed by atoms with E-state index in [1.54, 1.807) is 4.68 Å². The maximum Gasteiger partial charge on any atom is 0.159 e. The molecule has 0 spiro atoms. The maximum absolute atomic E-state index is 13.4. The lowest BCUT2D eigenvalue weighted by atomic mass is 10.0. The second-order valence-corrected chi connectivity index (χ2v) is 5.57. The number of halogens is 3. The van der Waals surface area contributed by atoms with E-state index in [4.69, 9.17) is 5.84 Å². The summed E-state index contributed by atoms with van der Waals surface area (Å²) in [5.74, 6) is 3.81. The number of benzene rings is 1. The summed E-state index contributed by atoms with van der Waals surface area (Å²) in [6.07, 6.45) is 1.31. The molecule has 1 heterocycles. The van der Waals surface area contributed by atoms with Crippen molar-refractivity contribution >= 4 is 15.9 Å². The summed E-state index contributed by atoms with van der Waals surface area (Å²) in [5.41, 5.74) is 5.13. The number of rotatable bonds is 5. The molecule has 3 N–H and O–H groups in total. The van der Waals surface area contributed by atoms with Gasteiger partial charge in [0.05, 0.1) is 21.9 Å². The van der Waals surface area contributed by atoms with Crippen LogP contribution in [0.25, 0.3) is 0 Å². The van der Waals surface area contributed by atoms with Crippen molar-refractivity contribution in [3.8, 4) is 0 Å². The molecule has 0 saturated carbocycles. The summed E-state index contributed by atoms with van der Waals surface area (Å²) in [6.45, 7) is 2.02. The van der Waals surface area contributed by atoms with Crippen molar-refractivity contribution in [3.63, 3.8) is 0 Å². The highest BCUT2D eigenvalue weighted by Gasteiger charge is 2.19. The normalized spacial score (nSPS) is 12.7. The molecule has 1 aromatic heterocycles. The Bertz CT molecular complexity index is 642. The number of nitrogens with zero attached hydrogens (tertiary/aromatic N) is 2. The average Bonchev–Trinajstić information content (AvgIpc) is 2.74. The molecule has 7 heteroatoms. The molecule has 0 aliphatic heterocycles. The van der Waals surface area contributed by atoms with E-state index >= 15 is 0 Å². The monoisotopic (exact) mass is 358 g/mol. The molecule has 21 heavy (non-hydrogen) atoms. The summed E-state index contributed by atoms with van der Waals surface area (Å²) < 4.78 is 29.1. The summed E-state index contributed by atoms with van der Waals surface area (Å²) in [4.78, 5) is 0. The van der Waals surface area contributed by atoms with E-state index < -0.39 is 11.6 Å². The van der Waals surface area contributed by atoms with Crippen LogP contribution in [-0.2, 0) is 19.9 Å². The number of hydrogen-bond acceptors (Lipinski definition) is 3. The lowest BCUT2D eigenvalue weighted by molar-refractivity contribution is 0.493. The Kier molecular flexibility index (Phi) is 5.08. The van der Waals surface area contributed by atoms with Crippen molar-refractivity contribution in [1.29, 1.82) is 0 Å². The number of nitrogens with two attached hydrogens (primary N) is 1. The third-order valence-electron chi connectivity index (χ3n) is 3.45. The molecular formula is C14H17BrF2N4. The van der Waals surface area contributed by atoms with Gasteiger partial charge in [-0.3, -0.25) is 16.0 Å². The second-order valence-electron chi connectivity index (χ2n) is 4.78. The predicted molar refractivity (Wildman–Crippen MR) is 80.4 cm³/mol. The Morgan fingerprint density at radius 1 is 1.38 bits per heavy atom. The van der Waals surface area contributed by atoms with E-state index in [0.29, 0.717) is 12.0 Å². The molecule has 4 nitrogen and oxygen atoms in total. The molecule has 0 bridgehead atoms. The van der Waals surface area contributed by atoms with Crippen LogP contribution in [-0.4, -0.2) is 9.78 Å². The fourth-order valence-electron chi connectivity index (χ4n) is 2.24. The average molecular weight is 359 g/mol. The lowest BCUT2D eigenvalue weighted by Gasteiger charge is -2.17.